The number of hydrogen-bond donors (Lipinski definition) is 0. The fourth-order valence-corrected chi connectivity index (χ4v) is 4.26. The maximum Gasteiger partial charge on any atom is 0.170 e. The first-order chi connectivity index (χ1) is 14.1. The summed E-state index contributed by atoms with van der Waals surface area (Å²) in [6.45, 7) is 2.10. The van der Waals surface area contributed by atoms with Crippen LogP contribution >= 0.6 is 0 Å². The van der Waals surface area contributed by atoms with E-state index in [2.05, 4.69) is 19.1 Å². The minimum Gasteiger partial charge on any atom is -0.293 e. The average molecular weight is 388 g/mol. The normalized spacial score (nSPS) is 18.5. The van der Waals surface area contributed by atoms with E-state index in [4.69, 9.17) is 0 Å². The molecule has 3 heteroatoms. The van der Waals surface area contributed by atoms with Gasteiger partial charge in [0.2, 0.25) is 0 Å². The summed E-state index contributed by atoms with van der Waals surface area (Å²) in [5, 5.41) is 0. The second-order valence-corrected chi connectivity index (χ2v) is 7.46. The molecule has 0 aliphatic heterocycles. The van der Waals surface area contributed by atoms with E-state index >= 15 is 0 Å². The van der Waals surface area contributed by atoms with Crippen molar-refractivity contribution in [2.75, 3.05) is 0 Å². The molecule has 3 aromatic carbocycles. The molecule has 29 heavy (non-hydrogen) atoms. The molecule has 0 fully saturated rings. The molecule has 0 N–H and O–H groups in total. The minimum absolute atomic E-state index is 0.0260. The van der Waals surface area contributed by atoms with Crippen LogP contribution in [-0.4, -0.2) is 5.78 Å². The maximum absolute atomic E-state index is 13.7. The van der Waals surface area contributed by atoms with Crippen molar-refractivity contribution in [3.8, 4) is 0 Å². The standard InChI is InChI=1S/C26H22F2O/c1-2-17-6-3-4-9-23(17)24-15-20(18-10-12-21(27)13-11-18)16-25(24)26(29)19-7-5-8-22(28)14-19/h3-14,16,24-25H,2,15H2,1H3. The Kier molecular flexibility index (Phi) is 5.39. The molecule has 4 rings (SSSR count). The molecule has 146 valence electrons. The van der Waals surface area contributed by atoms with Gasteiger partial charge >= 0.3 is 0 Å². The van der Waals surface area contributed by atoms with Gasteiger partial charge < -0.3 is 0 Å². The van der Waals surface area contributed by atoms with Gasteiger partial charge in [-0.2, -0.15) is 0 Å². The maximum atomic E-state index is 13.7. The van der Waals surface area contributed by atoms with E-state index in [1.807, 2.05) is 18.2 Å². The molecule has 1 aliphatic rings. The van der Waals surface area contributed by atoms with Gasteiger partial charge in [-0.3, -0.25) is 4.79 Å². The summed E-state index contributed by atoms with van der Waals surface area (Å²) in [4.78, 5) is 13.3. The number of benzene rings is 3. The number of carbonyl (C=O) groups is 1. The first-order valence-electron chi connectivity index (χ1n) is 9.91. The molecule has 0 heterocycles. The zero-order chi connectivity index (χ0) is 20.4. The number of rotatable bonds is 5. The van der Waals surface area contributed by atoms with Crippen molar-refractivity contribution in [3.05, 3.63) is 113 Å². The van der Waals surface area contributed by atoms with Crippen LogP contribution < -0.4 is 0 Å². The highest BCUT2D eigenvalue weighted by atomic mass is 19.1. The second kappa shape index (κ2) is 8.12. The number of halogens is 2. The van der Waals surface area contributed by atoms with Crippen LogP contribution in [0.15, 0.2) is 78.9 Å². The van der Waals surface area contributed by atoms with Gasteiger partial charge in [0.05, 0.1) is 0 Å². The Bertz CT molecular complexity index is 1070. The highest BCUT2D eigenvalue weighted by Gasteiger charge is 2.35. The zero-order valence-electron chi connectivity index (χ0n) is 16.2. The van der Waals surface area contributed by atoms with Crippen LogP contribution in [0, 0.1) is 17.6 Å². The van der Waals surface area contributed by atoms with Crippen LogP contribution in [0.3, 0.4) is 0 Å². The van der Waals surface area contributed by atoms with Crippen LogP contribution in [-0.2, 0) is 6.42 Å². The van der Waals surface area contributed by atoms with Crippen molar-refractivity contribution in [3.63, 3.8) is 0 Å². The van der Waals surface area contributed by atoms with Crippen molar-refractivity contribution in [1.29, 1.82) is 0 Å². The predicted octanol–water partition coefficient (Wildman–Crippen LogP) is 6.60. The van der Waals surface area contributed by atoms with E-state index in [1.165, 1.54) is 29.8 Å². The summed E-state index contributed by atoms with van der Waals surface area (Å²) >= 11 is 0. The van der Waals surface area contributed by atoms with Gasteiger partial charge in [0.25, 0.3) is 0 Å². The van der Waals surface area contributed by atoms with Crippen molar-refractivity contribution in [2.45, 2.75) is 25.7 Å². The third-order valence-electron chi connectivity index (χ3n) is 5.72. The van der Waals surface area contributed by atoms with E-state index in [-0.39, 0.29) is 23.4 Å². The molecular formula is C26H22F2O. The highest BCUT2D eigenvalue weighted by molar-refractivity contribution is 6.01. The molecule has 0 bridgehead atoms. The van der Waals surface area contributed by atoms with Gasteiger partial charge in [0.1, 0.15) is 11.6 Å². The lowest BCUT2D eigenvalue weighted by Gasteiger charge is -2.22. The first-order valence-corrected chi connectivity index (χ1v) is 9.91. The van der Waals surface area contributed by atoms with Crippen LogP contribution in [0.5, 0.6) is 0 Å². The van der Waals surface area contributed by atoms with Crippen molar-refractivity contribution in [2.24, 2.45) is 5.92 Å². The topological polar surface area (TPSA) is 17.1 Å². The van der Waals surface area contributed by atoms with Gasteiger partial charge in [-0.15, -0.1) is 0 Å². The number of carbonyl (C=O) groups excluding carboxylic acids is 1. The molecule has 2 atom stereocenters. The molecular weight excluding hydrogens is 366 g/mol. The predicted molar refractivity (Wildman–Crippen MR) is 112 cm³/mol. The molecule has 1 aliphatic carbocycles. The average Bonchev–Trinajstić information content (AvgIpc) is 3.19. The lowest BCUT2D eigenvalue weighted by Crippen LogP contribution is -2.19. The third-order valence-corrected chi connectivity index (χ3v) is 5.72. The number of Topliss-reactive ketones (excluding diaryl/α,β-unsaturated/α-hetero) is 1. The van der Waals surface area contributed by atoms with Gasteiger partial charge in [0.15, 0.2) is 5.78 Å². The minimum atomic E-state index is -0.415. The van der Waals surface area contributed by atoms with Gasteiger partial charge in [-0.25, -0.2) is 8.78 Å². The Hall–Kier alpha value is -3.07. The molecule has 0 radical (unpaired) electrons. The molecule has 3 aromatic rings. The summed E-state index contributed by atoms with van der Waals surface area (Å²) < 4.78 is 27.1. The molecule has 0 amide bonds. The first kappa shape index (κ1) is 19.3. The van der Waals surface area contributed by atoms with Crippen molar-refractivity contribution in [1.82, 2.24) is 0 Å². The molecule has 0 saturated carbocycles. The molecule has 0 aromatic heterocycles. The van der Waals surface area contributed by atoms with Crippen molar-refractivity contribution >= 4 is 11.4 Å². The van der Waals surface area contributed by atoms with E-state index in [0.717, 1.165) is 23.1 Å². The van der Waals surface area contributed by atoms with E-state index in [9.17, 15) is 13.6 Å². The van der Waals surface area contributed by atoms with Crippen LogP contribution in [0.2, 0.25) is 0 Å². The second-order valence-electron chi connectivity index (χ2n) is 7.46. The van der Waals surface area contributed by atoms with E-state index in [1.54, 1.807) is 24.3 Å². The van der Waals surface area contributed by atoms with Crippen LogP contribution in [0.25, 0.3) is 5.57 Å². The summed E-state index contributed by atoms with van der Waals surface area (Å²) in [5.41, 5.74) is 4.68. The largest absolute Gasteiger partial charge is 0.293 e. The van der Waals surface area contributed by atoms with E-state index in [0.29, 0.717) is 12.0 Å². The summed E-state index contributed by atoms with van der Waals surface area (Å²) in [6, 6.07) is 20.4. The fraction of sp³-hybridized carbons (Fsp3) is 0.192. The number of allylic oxidation sites excluding steroid dienone is 2. The SMILES string of the molecule is CCc1ccccc1C1CC(c2ccc(F)cc2)=CC1C(=O)c1cccc(F)c1. The quantitative estimate of drug-likeness (QED) is 0.450. The van der Waals surface area contributed by atoms with Gasteiger partial charge in [-0.1, -0.05) is 61.5 Å². The molecule has 2 unspecified atom stereocenters. The fourth-order valence-electron chi connectivity index (χ4n) is 4.26. The zero-order valence-corrected chi connectivity index (χ0v) is 16.2. The summed E-state index contributed by atoms with van der Waals surface area (Å²) in [5.74, 6) is -1.20. The molecule has 0 saturated heterocycles. The number of hydrogen-bond acceptors (Lipinski definition) is 1. The highest BCUT2D eigenvalue weighted by Crippen LogP contribution is 2.45. The van der Waals surface area contributed by atoms with Gasteiger partial charge in [-0.05, 0) is 59.4 Å². The Balaban J connectivity index is 1.77. The van der Waals surface area contributed by atoms with Gasteiger partial charge in [0, 0.05) is 17.4 Å². The summed E-state index contributed by atoms with van der Waals surface area (Å²) in [6.07, 6.45) is 3.55. The Morgan fingerprint density at radius 1 is 0.931 bits per heavy atom. The Labute approximate surface area is 169 Å². The van der Waals surface area contributed by atoms with Crippen molar-refractivity contribution < 1.29 is 13.6 Å². The van der Waals surface area contributed by atoms with E-state index < -0.39 is 5.82 Å². The van der Waals surface area contributed by atoms with Crippen LogP contribution in [0.1, 0.15) is 46.3 Å². The van der Waals surface area contributed by atoms with Crippen LogP contribution in [0.4, 0.5) is 8.78 Å². The lowest BCUT2D eigenvalue weighted by atomic mass is 9.81. The smallest absolute Gasteiger partial charge is 0.170 e. The lowest BCUT2D eigenvalue weighted by molar-refractivity contribution is 0.0934. The monoisotopic (exact) mass is 388 g/mol. The number of ketones is 1. The summed E-state index contributed by atoms with van der Waals surface area (Å²) in [7, 11) is 0. The third kappa shape index (κ3) is 3.91. The Morgan fingerprint density at radius 2 is 1.69 bits per heavy atom. The Morgan fingerprint density at radius 3 is 2.41 bits per heavy atom. The molecule has 1 nitrogen and oxygen atoms in total. The molecule has 0 spiro atoms. The number of aryl methyl sites for hydroxylation is 1.